The van der Waals surface area contributed by atoms with Crippen molar-refractivity contribution in [2.45, 2.75) is 33.3 Å². The molecule has 1 amide bonds. The fourth-order valence-electron chi connectivity index (χ4n) is 3.04. The van der Waals surface area contributed by atoms with Crippen molar-refractivity contribution >= 4 is 29.2 Å². The number of rotatable bonds is 7. The lowest BCUT2D eigenvalue weighted by atomic mass is 10.0. The van der Waals surface area contributed by atoms with Gasteiger partial charge in [-0.05, 0) is 44.5 Å². The fraction of sp³-hybridized carbons (Fsp3) is 0.304. The van der Waals surface area contributed by atoms with Gasteiger partial charge in [-0.3, -0.25) is 4.79 Å². The molecule has 0 saturated heterocycles. The Hall–Kier alpha value is -3.68. The summed E-state index contributed by atoms with van der Waals surface area (Å²) in [5.74, 6) is -1.69. The van der Waals surface area contributed by atoms with Gasteiger partial charge in [-0.25, -0.2) is 9.59 Å². The summed E-state index contributed by atoms with van der Waals surface area (Å²) in [5.41, 5.74) is 2.77. The number of carbonyl (C=O) groups is 3. The van der Waals surface area contributed by atoms with Crippen LogP contribution in [0.1, 0.15) is 58.2 Å². The molecule has 1 unspecified atom stereocenters. The first kappa shape index (κ1) is 22.0. The summed E-state index contributed by atoms with van der Waals surface area (Å²) in [6.07, 6.45) is -0.0423. The lowest BCUT2D eigenvalue weighted by Gasteiger charge is -2.10. The van der Waals surface area contributed by atoms with Crippen molar-refractivity contribution in [2.24, 2.45) is 5.16 Å². The van der Waals surface area contributed by atoms with Crippen molar-refractivity contribution in [1.29, 1.82) is 0 Å². The monoisotopic (exact) mass is 424 g/mol. The first-order chi connectivity index (χ1) is 14.9. The summed E-state index contributed by atoms with van der Waals surface area (Å²) in [4.78, 5) is 42.5. The molecular formula is C23H24N2O6. The Morgan fingerprint density at radius 3 is 2.13 bits per heavy atom. The molecule has 1 N–H and O–H groups in total. The molecule has 0 spiro atoms. The van der Waals surface area contributed by atoms with E-state index in [2.05, 4.69) is 10.5 Å². The van der Waals surface area contributed by atoms with Crippen LogP contribution in [-0.4, -0.2) is 36.8 Å². The molecule has 31 heavy (non-hydrogen) atoms. The maximum atomic E-state index is 12.7. The minimum absolute atomic E-state index is 0.129. The molecule has 0 aliphatic carbocycles. The Kier molecular flexibility index (Phi) is 7.02. The minimum Gasteiger partial charge on any atom is -0.462 e. The maximum Gasteiger partial charge on any atom is 0.338 e. The highest BCUT2D eigenvalue weighted by atomic mass is 16.6. The molecule has 0 aromatic heterocycles. The van der Waals surface area contributed by atoms with Crippen LogP contribution in [0.15, 0.2) is 47.6 Å². The van der Waals surface area contributed by atoms with Crippen LogP contribution in [0.4, 0.5) is 5.69 Å². The van der Waals surface area contributed by atoms with Crippen LogP contribution in [-0.2, 0) is 19.1 Å². The van der Waals surface area contributed by atoms with Gasteiger partial charge in [0.05, 0.1) is 24.3 Å². The average molecular weight is 424 g/mol. The zero-order valence-corrected chi connectivity index (χ0v) is 17.6. The van der Waals surface area contributed by atoms with Crippen LogP contribution in [0.25, 0.3) is 0 Å². The van der Waals surface area contributed by atoms with Crippen LogP contribution in [0.2, 0.25) is 0 Å². The minimum atomic E-state index is -0.606. The van der Waals surface area contributed by atoms with E-state index in [1.54, 1.807) is 13.8 Å². The normalized spacial score (nSPS) is 14.9. The molecule has 3 rings (SSSR count). The van der Waals surface area contributed by atoms with Gasteiger partial charge in [0.15, 0.2) is 6.10 Å². The van der Waals surface area contributed by atoms with Gasteiger partial charge in [0.1, 0.15) is 5.71 Å². The van der Waals surface area contributed by atoms with Crippen LogP contribution < -0.4 is 5.32 Å². The lowest BCUT2D eigenvalue weighted by Crippen LogP contribution is -2.22. The van der Waals surface area contributed by atoms with Gasteiger partial charge >= 0.3 is 11.9 Å². The number of ether oxygens (including phenoxy) is 2. The third-order valence-electron chi connectivity index (χ3n) is 4.59. The Labute approximate surface area is 180 Å². The number of nitrogens with zero attached hydrogens (tertiary/aromatic N) is 1. The second-order valence-electron chi connectivity index (χ2n) is 6.94. The standard InChI is InChI=1S/C23H24N2O6/c1-4-29-22(27)16-10-17(23(28)30-5-2)12-18(11-16)24-21(26)19-13-20(31-25-19)15-8-6-14(3)7-9-15/h6-12,20H,4-5,13H2,1-3H3,(H,24,26). The third-order valence-corrected chi connectivity index (χ3v) is 4.59. The lowest BCUT2D eigenvalue weighted by molar-refractivity contribution is -0.110. The number of benzene rings is 2. The molecule has 2 aromatic carbocycles. The van der Waals surface area contributed by atoms with Crippen molar-refractivity contribution in [2.75, 3.05) is 18.5 Å². The highest BCUT2D eigenvalue weighted by Gasteiger charge is 2.28. The molecule has 162 valence electrons. The first-order valence-corrected chi connectivity index (χ1v) is 10.0. The van der Waals surface area contributed by atoms with Crippen molar-refractivity contribution in [3.8, 4) is 0 Å². The zero-order chi connectivity index (χ0) is 22.4. The second-order valence-corrected chi connectivity index (χ2v) is 6.94. The number of amides is 1. The van der Waals surface area contributed by atoms with E-state index >= 15 is 0 Å². The van der Waals surface area contributed by atoms with E-state index in [-0.39, 0.29) is 41.8 Å². The van der Waals surface area contributed by atoms with Crippen LogP contribution in [0.5, 0.6) is 0 Å². The second kappa shape index (κ2) is 9.88. The molecule has 0 fully saturated rings. The van der Waals surface area contributed by atoms with E-state index in [1.165, 1.54) is 18.2 Å². The molecule has 1 heterocycles. The number of hydrogen-bond donors (Lipinski definition) is 1. The number of esters is 2. The summed E-state index contributed by atoms with van der Waals surface area (Å²) in [5, 5.41) is 6.58. The highest BCUT2D eigenvalue weighted by molar-refractivity contribution is 6.43. The summed E-state index contributed by atoms with van der Waals surface area (Å²) < 4.78 is 10.0. The summed E-state index contributed by atoms with van der Waals surface area (Å²) in [6, 6.07) is 12.0. The zero-order valence-electron chi connectivity index (χ0n) is 17.6. The van der Waals surface area contributed by atoms with E-state index in [9.17, 15) is 14.4 Å². The predicted octanol–water partition coefficient (Wildman–Crippen LogP) is 3.80. The van der Waals surface area contributed by atoms with Gasteiger partial charge in [0, 0.05) is 12.1 Å². The van der Waals surface area contributed by atoms with Gasteiger partial charge < -0.3 is 19.6 Å². The molecule has 0 saturated carbocycles. The fourth-order valence-corrected chi connectivity index (χ4v) is 3.04. The van der Waals surface area contributed by atoms with E-state index in [1.807, 2.05) is 31.2 Å². The number of hydrogen-bond acceptors (Lipinski definition) is 7. The van der Waals surface area contributed by atoms with Gasteiger partial charge in [0.25, 0.3) is 5.91 Å². The first-order valence-electron chi connectivity index (χ1n) is 10.0. The van der Waals surface area contributed by atoms with Gasteiger partial charge in [-0.15, -0.1) is 0 Å². The Bertz CT molecular complexity index is 977. The van der Waals surface area contributed by atoms with Gasteiger partial charge in [-0.1, -0.05) is 35.0 Å². The van der Waals surface area contributed by atoms with E-state index in [4.69, 9.17) is 14.3 Å². The number of oxime groups is 1. The van der Waals surface area contributed by atoms with Crippen LogP contribution >= 0.6 is 0 Å². The number of aryl methyl sites for hydroxylation is 1. The highest BCUT2D eigenvalue weighted by Crippen LogP contribution is 2.28. The van der Waals surface area contributed by atoms with E-state index < -0.39 is 17.8 Å². The van der Waals surface area contributed by atoms with Crippen molar-refractivity contribution in [3.63, 3.8) is 0 Å². The summed E-state index contributed by atoms with van der Waals surface area (Å²) >= 11 is 0. The molecule has 1 aliphatic heterocycles. The molecule has 0 radical (unpaired) electrons. The van der Waals surface area contributed by atoms with Crippen molar-refractivity contribution < 1.29 is 28.7 Å². The number of carbonyl (C=O) groups excluding carboxylic acids is 3. The van der Waals surface area contributed by atoms with Gasteiger partial charge in [0.2, 0.25) is 0 Å². The smallest absolute Gasteiger partial charge is 0.338 e. The van der Waals surface area contributed by atoms with E-state index in [0.29, 0.717) is 6.42 Å². The quantitative estimate of drug-likeness (QED) is 0.678. The molecule has 8 nitrogen and oxygen atoms in total. The maximum absolute atomic E-state index is 12.7. The Morgan fingerprint density at radius 2 is 1.58 bits per heavy atom. The van der Waals surface area contributed by atoms with E-state index in [0.717, 1.165) is 11.1 Å². The van der Waals surface area contributed by atoms with Gasteiger partial charge in [-0.2, -0.15) is 0 Å². The molecule has 1 atom stereocenters. The molecule has 2 aromatic rings. The summed E-state index contributed by atoms with van der Waals surface area (Å²) in [6.45, 7) is 5.71. The Balaban J connectivity index is 1.76. The van der Waals surface area contributed by atoms with Crippen LogP contribution in [0, 0.1) is 6.92 Å². The largest absolute Gasteiger partial charge is 0.462 e. The predicted molar refractivity (Wildman–Crippen MR) is 114 cm³/mol. The van der Waals surface area contributed by atoms with Crippen molar-refractivity contribution in [1.82, 2.24) is 0 Å². The molecule has 8 heteroatoms. The Morgan fingerprint density at radius 1 is 1.00 bits per heavy atom. The topological polar surface area (TPSA) is 103 Å². The van der Waals surface area contributed by atoms with Crippen molar-refractivity contribution in [3.05, 3.63) is 64.7 Å². The number of anilines is 1. The molecular weight excluding hydrogens is 400 g/mol. The SMILES string of the molecule is CCOC(=O)c1cc(NC(=O)C2=NOC(c3ccc(C)cc3)C2)cc(C(=O)OCC)c1. The summed E-state index contributed by atoms with van der Waals surface area (Å²) in [7, 11) is 0. The third kappa shape index (κ3) is 5.48. The average Bonchev–Trinajstić information content (AvgIpc) is 3.25. The van der Waals surface area contributed by atoms with Crippen LogP contribution in [0.3, 0.4) is 0 Å². The number of nitrogens with one attached hydrogen (secondary N) is 1. The molecule has 0 bridgehead atoms. The molecule has 1 aliphatic rings.